The molecule has 0 radical (unpaired) electrons. The van der Waals surface area contributed by atoms with Gasteiger partial charge in [0.15, 0.2) is 0 Å². The van der Waals surface area contributed by atoms with Crippen molar-refractivity contribution in [2.75, 3.05) is 18.6 Å². The summed E-state index contributed by atoms with van der Waals surface area (Å²) < 4.78 is 5.15. The van der Waals surface area contributed by atoms with E-state index in [-0.39, 0.29) is 11.6 Å². The third-order valence-electron chi connectivity index (χ3n) is 4.59. The van der Waals surface area contributed by atoms with Crippen LogP contribution in [0.1, 0.15) is 17.9 Å². The first kappa shape index (κ1) is 16.8. The highest BCUT2D eigenvalue weighted by molar-refractivity contribution is 5.81. The number of hydrogen-bond donors (Lipinski definition) is 1. The van der Waals surface area contributed by atoms with Gasteiger partial charge >= 0.3 is 5.97 Å². The molecule has 0 saturated carbocycles. The lowest BCUT2D eigenvalue weighted by Crippen LogP contribution is -2.39. The van der Waals surface area contributed by atoms with Gasteiger partial charge in [-0.15, -0.1) is 0 Å². The van der Waals surface area contributed by atoms with E-state index >= 15 is 0 Å². The third kappa shape index (κ3) is 3.26. The molecule has 3 rings (SSSR count). The summed E-state index contributed by atoms with van der Waals surface area (Å²) in [6, 6.07) is 12.7. The monoisotopic (exact) mass is 342 g/mol. The Bertz CT molecular complexity index is 773. The van der Waals surface area contributed by atoms with E-state index in [2.05, 4.69) is 0 Å². The molecule has 1 aliphatic rings. The van der Waals surface area contributed by atoms with Crippen LogP contribution in [0.3, 0.4) is 0 Å². The quantitative estimate of drug-likeness (QED) is 0.663. The molecule has 2 aromatic rings. The molecule has 1 N–H and O–H groups in total. The SMILES string of the molecule is COc1ccc([C@@H]2CCN(c3ccc([N+](=O)[O-])cc3)[C@H]2C(=O)O)cc1. The van der Waals surface area contributed by atoms with Gasteiger partial charge in [0.2, 0.25) is 0 Å². The Morgan fingerprint density at radius 1 is 1.20 bits per heavy atom. The minimum Gasteiger partial charge on any atom is -0.497 e. The Hall–Kier alpha value is -3.09. The summed E-state index contributed by atoms with van der Waals surface area (Å²) >= 11 is 0. The van der Waals surface area contributed by atoms with Crippen molar-refractivity contribution in [1.29, 1.82) is 0 Å². The lowest BCUT2D eigenvalue weighted by molar-refractivity contribution is -0.384. The van der Waals surface area contributed by atoms with Gasteiger partial charge in [-0.25, -0.2) is 4.79 Å². The van der Waals surface area contributed by atoms with Crippen LogP contribution >= 0.6 is 0 Å². The molecule has 7 nitrogen and oxygen atoms in total. The predicted molar refractivity (Wildman–Crippen MR) is 92.2 cm³/mol. The molecular weight excluding hydrogens is 324 g/mol. The van der Waals surface area contributed by atoms with Gasteiger partial charge in [-0.1, -0.05) is 12.1 Å². The molecule has 0 aromatic heterocycles. The molecule has 7 heteroatoms. The molecule has 1 fully saturated rings. The zero-order valence-corrected chi connectivity index (χ0v) is 13.7. The fourth-order valence-electron chi connectivity index (χ4n) is 3.35. The van der Waals surface area contributed by atoms with E-state index in [1.54, 1.807) is 24.1 Å². The van der Waals surface area contributed by atoms with E-state index in [9.17, 15) is 20.0 Å². The summed E-state index contributed by atoms with van der Waals surface area (Å²) in [6.45, 7) is 0.575. The minimum atomic E-state index is -0.906. The number of hydrogen-bond acceptors (Lipinski definition) is 5. The topological polar surface area (TPSA) is 92.9 Å². The number of anilines is 1. The van der Waals surface area contributed by atoms with Crippen molar-refractivity contribution >= 4 is 17.3 Å². The molecular formula is C18H18N2O5. The third-order valence-corrected chi connectivity index (χ3v) is 4.59. The van der Waals surface area contributed by atoms with Crippen LogP contribution in [0.4, 0.5) is 11.4 Å². The molecule has 1 heterocycles. The highest BCUT2D eigenvalue weighted by Crippen LogP contribution is 2.37. The van der Waals surface area contributed by atoms with Crippen LogP contribution in [0.2, 0.25) is 0 Å². The van der Waals surface area contributed by atoms with Crippen LogP contribution < -0.4 is 9.64 Å². The molecule has 2 aromatic carbocycles. The van der Waals surface area contributed by atoms with Crippen molar-refractivity contribution in [3.63, 3.8) is 0 Å². The molecule has 0 unspecified atom stereocenters. The van der Waals surface area contributed by atoms with Crippen LogP contribution in [0.15, 0.2) is 48.5 Å². The van der Waals surface area contributed by atoms with Gasteiger partial charge in [0.1, 0.15) is 11.8 Å². The molecule has 25 heavy (non-hydrogen) atoms. The summed E-state index contributed by atoms with van der Waals surface area (Å²) in [5.74, 6) is -0.337. The summed E-state index contributed by atoms with van der Waals surface area (Å²) in [4.78, 5) is 24.0. The molecule has 0 amide bonds. The predicted octanol–water partition coefficient (Wildman–Crippen LogP) is 3.05. The largest absolute Gasteiger partial charge is 0.497 e. The van der Waals surface area contributed by atoms with E-state index in [1.807, 2.05) is 24.3 Å². The molecule has 0 aliphatic carbocycles. The van der Waals surface area contributed by atoms with Crippen LogP contribution in [0.5, 0.6) is 5.75 Å². The minimum absolute atomic E-state index is 0.0125. The number of carboxylic acid groups (broad SMARTS) is 1. The average Bonchev–Trinajstić information content (AvgIpc) is 3.07. The maximum atomic E-state index is 11.9. The normalized spacial score (nSPS) is 19.6. The summed E-state index contributed by atoms with van der Waals surface area (Å²) in [5.41, 5.74) is 1.60. The molecule has 1 saturated heterocycles. The van der Waals surface area contributed by atoms with E-state index in [0.29, 0.717) is 18.7 Å². The van der Waals surface area contributed by atoms with Gasteiger partial charge in [0.05, 0.1) is 12.0 Å². The number of carbonyl (C=O) groups is 1. The van der Waals surface area contributed by atoms with Gasteiger partial charge in [0, 0.05) is 30.3 Å². The second-order valence-corrected chi connectivity index (χ2v) is 5.92. The van der Waals surface area contributed by atoms with Crippen LogP contribution in [-0.2, 0) is 4.79 Å². The number of ether oxygens (including phenoxy) is 1. The van der Waals surface area contributed by atoms with Gasteiger partial charge in [-0.3, -0.25) is 10.1 Å². The van der Waals surface area contributed by atoms with Crippen LogP contribution in [0.25, 0.3) is 0 Å². The van der Waals surface area contributed by atoms with Gasteiger partial charge in [-0.2, -0.15) is 0 Å². The summed E-state index contributed by atoms with van der Waals surface area (Å²) in [6.07, 6.45) is 0.695. The van der Waals surface area contributed by atoms with E-state index < -0.39 is 16.9 Å². The maximum Gasteiger partial charge on any atom is 0.326 e. The highest BCUT2D eigenvalue weighted by atomic mass is 16.6. The van der Waals surface area contributed by atoms with Crippen molar-refractivity contribution in [3.8, 4) is 5.75 Å². The van der Waals surface area contributed by atoms with Crippen molar-refractivity contribution in [1.82, 2.24) is 0 Å². The van der Waals surface area contributed by atoms with Crippen LogP contribution in [0, 0.1) is 10.1 Å². The Morgan fingerprint density at radius 2 is 1.84 bits per heavy atom. The lowest BCUT2D eigenvalue weighted by atomic mass is 9.91. The maximum absolute atomic E-state index is 11.9. The fourth-order valence-corrected chi connectivity index (χ4v) is 3.35. The van der Waals surface area contributed by atoms with Gasteiger partial charge in [-0.05, 0) is 36.2 Å². The number of benzene rings is 2. The number of methoxy groups -OCH3 is 1. The zero-order chi connectivity index (χ0) is 18.0. The number of nitro benzene ring substituents is 1. The smallest absolute Gasteiger partial charge is 0.326 e. The van der Waals surface area contributed by atoms with Crippen molar-refractivity contribution in [2.45, 2.75) is 18.4 Å². The number of rotatable bonds is 5. The second kappa shape index (κ2) is 6.80. The van der Waals surface area contributed by atoms with Crippen LogP contribution in [-0.4, -0.2) is 35.7 Å². The molecule has 0 spiro atoms. The Kier molecular flexibility index (Phi) is 4.56. The summed E-state index contributed by atoms with van der Waals surface area (Å²) in [5, 5.41) is 20.5. The number of carboxylic acids is 1. The zero-order valence-electron chi connectivity index (χ0n) is 13.7. The Labute approximate surface area is 144 Å². The first-order valence-corrected chi connectivity index (χ1v) is 7.89. The van der Waals surface area contributed by atoms with E-state index in [0.717, 1.165) is 11.3 Å². The number of nitrogens with zero attached hydrogens (tertiary/aromatic N) is 2. The number of aliphatic carboxylic acids is 1. The number of nitro groups is 1. The van der Waals surface area contributed by atoms with Gasteiger partial charge < -0.3 is 14.7 Å². The second-order valence-electron chi connectivity index (χ2n) is 5.92. The van der Waals surface area contributed by atoms with Crippen molar-refractivity contribution in [2.24, 2.45) is 0 Å². The fraction of sp³-hybridized carbons (Fsp3) is 0.278. The standard InChI is InChI=1S/C18H18N2O5/c1-25-15-8-2-12(3-9-15)16-10-11-19(17(16)18(21)22)13-4-6-14(7-5-13)20(23)24/h2-9,16-17H,10-11H2,1H3,(H,21,22)/t16-,17+/m0/s1. The van der Waals surface area contributed by atoms with E-state index in [1.165, 1.54) is 12.1 Å². The average molecular weight is 342 g/mol. The number of non-ortho nitro benzene ring substituents is 1. The molecule has 0 bridgehead atoms. The first-order chi connectivity index (χ1) is 12.0. The Balaban J connectivity index is 1.88. The highest BCUT2D eigenvalue weighted by Gasteiger charge is 2.40. The van der Waals surface area contributed by atoms with E-state index in [4.69, 9.17) is 4.74 Å². The molecule has 2 atom stereocenters. The van der Waals surface area contributed by atoms with Gasteiger partial charge in [0.25, 0.3) is 5.69 Å². The summed E-state index contributed by atoms with van der Waals surface area (Å²) in [7, 11) is 1.58. The van der Waals surface area contributed by atoms with Crippen molar-refractivity contribution in [3.05, 3.63) is 64.2 Å². The Morgan fingerprint density at radius 3 is 2.36 bits per heavy atom. The molecule has 130 valence electrons. The first-order valence-electron chi connectivity index (χ1n) is 7.89. The molecule has 1 aliphatic heterocycles. The van der Waals surface area contributed by atoms with Crippen molar-refractivity contribution < 1.29 is 19.6 Å². The lowest BCUT2D eigenvalue weighted by Gasteiger charge is -2.26.